The molecule has 0 amide bonds. The van der Waals surface area contributed by atoms with Gasteiger partial charge in [0.15, 0.2) is 0 Å². The predicted molar refractivity (Wildman–Crippen MR) is 43.8 cm³/mol. The lowest BCUT2D eigenvalue weighted by Crippen LogP contribution is -1.94. The largest absolute Gasteiger partial charge is 0.280 e. The summed E-state index contributed by atoms with van der Waals surface area (Å²) in [6, 6.07) is 1.22. The van der Waals surface area contributed by atoms with Crippen LogP contribution in [0.3, 0.4) is 0 Å². The van der Waals surface area contributed by atoms with Crippen LogP contribution >= 0.6 is 23.4 Å². The maximum atomic E-state index is 12.1. The van der Waals surface area contributed by atoms with Crippen molar-refractivity contribution < 1.29 is 8.78 Å². The first kappa shape index (κ1) is 9.67. The summed E-state index contributed by atoms with van der Waals surface area (Å²) in [7, 11) is 0. The summed E-state index contributed by atoms with van der Waals surface area (Å²) in [5, 5.41) is 0.308. The van der Waals surface area contributed by atoms with E-state index in [1.54, 1.807) is 6.26 Å². The Kier molecular flexibility index (Phi) is 3.22. The van der Waals surface area contributed by atoms with E-state index in [1.165, 1.54) is 17.8 Å². The molecule has 12 heavy (non-hydrogen) atoms. The summed E-state index contributed by atoms with van der Waals surface area (Å²) in [5.41, 5.74) is -0.334. The summed E-state index contributed by atoms with van der Waals surface area (Å²) >= 11 is 6.65. The predicted octanol–water partition coefficient (Wildman–Crippen LogP) is 2.79. The van der Waals surface area contributed by atoms with Crippen LogP contribution in [0.5, 0.6) is 0 Å². The molecule has 0 saturated heterocycles. The van der Waals surface area contributed by atoms with Gasteiger partial charge in [-0.3, -0.25) is 0 Å². The zero-order valence-corrected chi connectivity index (χ0v) is 7.66. The van der Waals surface area contributed by atoms with Gasteiger partial charge in [-0.05, 0) is 23.9 Å². The molecular formula is C6H5ClF2N2S. The third-order valence-corrected chi connectivity index (χ3v) is 1.92. The van der Waals surface area contributed by atoms with E-state index in [0.29, 0.717) is 5.03 Å². The van der Waals surface area contributed by atoms with Gasteiger partial charge in [-0.25, -0.2) is 18.7 Å². The van der Waals surface area contributed by atoms with Gasteiger partial charge in [0.05, 0.1) is 0 Å². The topological polar surface area (TPSA) is 25.8 Å². The van der Waals surface area contributed by atoms with Crippen LogP contribution in [0.2, 0.25) is 5.28 Å². The SMILES string of the molecule is CSc1cc(C(F)F)nc(Cl)n1. The maximum absolute atomic E-state index is 12.1. The Morgan fingerprint density at radius 1 is 1.50 bits per heavy atom. The molecule has 0 aliphatic carbocycles. The number of rotatable bonds is 2. The Bertz CT molecular complexity index is 282. The van der Waals surface area contributed by atoms with Gasteiger partial charge in [-0.15, -0.1) is 11.8 Å². The van der Waals surface area contributed by atoms with E-state index in [0.717, 1.165) is 0 Å². The maximum Gasteiger partial charge on any atom is 0.280 e. The van der Waals surface area contributed by atoms with E-state index in [9.17, 15) is 8.78 Å². The number of thioether (sulfide) groups is 1. The first-order chi connectivity index (χ1) is 5.63. The molecule has 0 spiro atoms. The van der Waals surface area contributed by atoms with Crippen molar-refractivity contribution in [3.8, 4) is 0 Å². The molecule has 2 nitrogen and oxygen atoms in total. The third kappa shape index (κ3) is 2.28. The number of nitrogens with zero attached hydrogens (tertiary/aromatic N) is 2. The Balaban J connectivity index is 3.06. The Morgan fingerprint density at radius 2 is 2.17 bits per heavy atom. The lowest BCUT2D eigenvalue weighted by atomic mass is 10.4. The first-order valence-electron chi connectivity index (χ1n) is 3.00. The minimum Gasteiger partial charge on any atom is -0.217 e. The molecule has 0 saturated carbocycles. The van der Waals surface area contributed by atoms with Gasteiger partial charge in [0.2, 0.25) is 5.28 Å². The molecule has 6 heteroatoms. The average molecular weight is 211 g/mol. The molecular weight excluding hydrogens is 206 g/mol. The lowest BCUT2D eigenvalue weighted by molar-refractivity contribution is 0.145. The van der Waals surface area contributed by atoms with Crippen LogP contribution in [0.25, 0.3) is 0 Å². The van der Waals surface area contributed by atoms with Gasteiger partial charge >= 0.3 is 0 Å². The molecule has 1 rings (SSSR count). The lowest BCUT2D eigenvalue weighted by Gasteiger charge is -2.00. The smallest absolute Gasteiger partial charge is 0.217 e. The van der Waals surface area contributed by atoms with E-state index >= 15 is 0 Å². The van der Waals surface area contributed by atoms with Crippen LogP contribution < -0.4 is 0 Å². The van der Waals surface area contributed by atoms with Crippen LogP contribution in [0.1, 0.15) is 12.1 Å². The fourth-order valence-electron chi connectivity index (χ4n) is 0.630. The van der Waals surface area contributed by atoms with Crippen LogP contribution in [0, 0.1) is 0 Å². The van der Waals surface area contributed by atoms with Gasteiger partial charge in [-0.2, -0.15) is 0 Å². The highest BCUT2D eigenvalue weighted by Crippen LogP contribution is 2.22. The minimum atomic E-state index is -2.60. The standard InChI is InChI=1S/C6H5ClF2N2S/c1-12-4-2-3(5(8)9)10-6(7)11-4/h2,5H,1H3. The normalized spacial score (nSPS) is 10.8. The third-order valence-electron chi connectivity index (χ3n) is 1.13. The van der Waals surface area contributed by atoms with Crippen molar-refractivity contribution in [1.82, 2.24) is 9.97 Å². The van der Waals surface area contributed by atoms with Crippen LogP contribution in [0.4, 0.5) is 8.78 Å². The second-order valence-corrected chi connectivity index (χ2v) is 3.07. The van der Waals surface area contributed by atoms with E-state index in [4.69, 9.17) is 11.6 Å². The van der Waals surface area contributed by atoms with Gasteiger partial charge in [0.25, 0.3) is 6.43 Å². The second-order valence-electron chi connectivity index (χ2n) is 1.90. The molecule has 0 aromatic carbocycles. The van der Waals surface area contributed by atoms with E-state index < -0.39 is 6.43 Å². The number of hydrogen-bond donors (Lipinski definition) is 0. The van der Waals surface area contributed by atoms with Crippen LogP contribution in [-0.2, 0) is 0 Å². The molecule has 0 aliphatic rings. The van der Waals surface area contributed by atoms with Gasteiger partial charge in [0.1, 0.15) is 10.7 Å². The Morgan fingerprint density at radius 3 is 2.67 bits per heavy atom. The van der Waals surface area contributed by atoms with E-state index in [1.807, 2.05) is 0 Å². The molecule has 0 fully saturated rings. The highest BCUT2D eigenvalue weighted by molar-refractivity contribution is 7.98. The van der Waals surface area contributed by atoms with Gasteiger partial charge < -0.3 is 0 Å². The van der Waals surface area contributed by atoms with Crippen molar-refractivity contribution in [1.29, 1.82) is 0 Å². The molecule has 0 N–H and O–H groups in total. The fourth-order valence-corrected chi connectivity index (χ4v) is 1.28. The van der Waals surface area contributed by atoms with Crippen LogP contribution in [0.15, 0.2) is 11.1 Å². The van der Waals surface area contributed by atoms with Crippen LogP contribution in [-0.4, -0.2) is 16.2 Å². The summed E-state index contributed by atoms with van der Waals surface area (Å²) in [5.74, 6) is 0. The number of aromatic nitrogens is 2. The van der Waals surface area contributed by atoms with Crippen molar-refractivity contribution in [2.75, 3.05) is 6.26 Å². The van der Waals surface area contributed by atoms with Gasteiger partial charge in [0, 0.05) is 0 Å². The van der Waals surface area contributed by atoms with E-state index in [-0.39, 0.29) is 11.0 Å². The molecule has 1 heterocycles. The molecule has 1 aromatic rings. The molecule has 0 unspecified atom stereocenters. The first-order valence-corrected chi connectivity index (χ1v) is 4.60. The number of halogens is 3. The van der Waals surface area contributed by atoms with Crippen molar-refractivity contribution >= 4 is 23.4 Å². The van der Waals surface area contributed by atoms with Crippen molar-refractivity contribution in [2.24, 2.45) is 0 Å². The number of alkyl halides is 2. The Labute approximate surface area is 77.4 Å². The zero-order valence-electron chi connectivity index (χ0n) is 6.09. The molecule has 0 atom stereocenters. The summed E-state index contributed by atoms with van der Waals surface area (Å²) in [4.78, 5) is 7.09. The molecule has 1 aromatic heterocycles. The molecule has 0 aliphatic heterocycles. The van der Waals surface area contributed by atoms with Gasteiger partial charge in [-0.1, -0.05) is 0 Å². The monoisotopic (exact) mass is 210 g/mol. The quantitative estimate of drug-likeness (QED) is 0.427. The molecule has 0 radical (unpaired) electrons. The van der Waals surface area contributed by atoms with Crippen molar-refractivity contribution in [3.63, 3.8) is 0 Å². The zero-order chi connectivity index (χ0) is 9.14. The summed E-state index contributed by atoms with van der Waals surface area (Å²) < 4.78 is 24.2. The highest BCUT2D eigenvalue weighted by Gasteiger charge is 2.11. The minimum absolute atomic E-state index is 0.142. The average Bonchev–Trinajstić information content (AvgIpc) is 2.03. The van der Waals surface area contributed by atoms with E-state index in [2.05, 4.69) is 9.97 Å². The molecule has 66 valence electrons. The summed E-state index contributed by atoms with van der Waals surface area (Å²) in [6.45, 7) is 0. The van der Waals surface area contributed by atoms with Crippen molar-refractivity contribution in [3.05, 3.63) is 17.0 Å². The highest BCUT2D eigenvalue weighted by atomic mass is 35.5. The number of hydrogen-bond acceptors (Lipinski definition) is 3. The summed E-state index contributed by atoms with van der Waals surface area (Å²) in [6.07, 6.45) is -0.870. The van der Waals surface area contributed by atoms with Crippen molar-refractivity contribution in [2.45, 2.75) is 11.5 Å². The fraction of sp³-hybridized carbons (Fsp3) is 0.333. The molecule has 0 bridgehead atoms. The second kappa shape index (κ2) is 4.00. The Hall–Kier alpha value is -0.420.